The first-order chi connectivity index (χ1) is 8.58. The van der Waals surface area contributed by atoms with E-state index in [2.05, 4.69) is 13.8 Å². The van der Waals surface area contributed by atoms with Crippen molar-refractivity contribution in [2.45, 2.75) is 27.2 Å². The number of benzene rings is 1. The first-order valence-electron chi connectivity index (χ1n) is 6.27. The lowest BCUT2D eigenvalue weighted by Gasteiger charge is -2.15. The summed E-state index contributed by atoms with van der Waals surface area (Å²) in [7, 11) is 0. The molecule has 1 atom stereocenters. The predicted octanol–water partition coefficient (Wildman–Crippen LogP) is 3.14. The van der Waals surface area contributed by atoms with E-state index < -0.39 is 0 Å². The zero-order valence-corrected chi connectivity index (χ0v) is 12.0. The Balaban J connectivity index is 2.85. The van der Waals surface area contributed by atoms with E-state index in [0.29, 0.717) is 29.9 Å². The Bertz CT molecular complexity index is 407. The smallest absolute Gasteiger partial charge is 0.161 e. The number of rotatable bonds is 7. The molecular formula is C14H21NO2S. The SMILES string of the molecule is CCOc1cc(C(N)=S)ccc1OCC(C)CC. The standard InChI is InChI=1S/C14H21NO2S/c1-4-10(3)9-17-12-7-6-11(14(15)18)8-13(12)16-5-2/h6-8,10H,4-5,9H2,1-3H3,(H2,15,18). The molecule has 0 fully saturated rings. The Kier molecular flexibility index (Phi) is 5.92. The normalized spacial score (nSPS) is 11.9. The van der Waals surface area contributed by atoms with Gasteiger partial charge in [0.15, 0.2) is 11.5 Å². The molecule has 0 aliphatic rings. The van der Waals surface area contributed by atoms with Gasteiger partial charge in [-0.2, -0.15) is 0 Å². The van der Waals surface area contributed by atoms with E-state index in [4.69, 9.17) is 27.4 Å². The van der Waals surface area contributed by atoms with Gasteiger partial charge in [-0.25, -0.2) is 0 Å². The average Bonchev–Trinajstić information content (AvgIpc) is 2.36. The summed E-state index contributed by atoms with van der Waals surface area (Å²) in [6.07, 6.45) is 1.09. The number of thiocarbonyl (C=S) groups is 1. The van der Waals surface area contributed by atoms with Gasteiger partial charge in [0.1, 0.15) is 4.99 Å². The molecule has 2 N–H and O–H groups in total. The molecule has 1 aromatic carbocycles. The summed E-state index contributed by atoms with van der Waals surface area (Å²) in [6, 6.07) is 5.55. The van der Waals surface area contributed by atoms with Crippen molar-refractivity contribution in [1.29, 1.82) is 0 Å². The fourth-order valence-corrected chi connectivity index (χ4v) is 1.53. The number of ether oxygens (including phenoxy) is 2. The van der Waals surface area contributed by atoms with Crippen LogP contribution in [0.5, 0.6) is 11.5 Å². The van der Waals surface area contributed by atoms with Crippen LogP contribution in [0.2, 0.25) is 0 Å². The molecule has 0 aliphatic carbocycles. The second kappa shape index (κ2) is 7.21. The quantitative estimate of drug-likeness (QED) is 0.771. The van der Waals surface area contributed by atoms with Gasteiger partial charge in [0.2, 0.25) is 0 Å². The van der Waals surface area contributed by atoms with E-state index in [1.165, 1.54) is 0 Å². The van der Waals surface area contributed by atoms with Crippen LogP contribution in [0.15, 0.2) is 18.2 Å². The first kappa shape index (κ1) is 14.8. The minimum atomic E-state index is 0.365. The molecule has 0 radical (unpaired) electrons. The molecule has 0 amide bonds. The fraction of sp³-hybridized carbons (Fsp3) is 0.500. The summed E-state index contributed by atoms with van der Waals surface area (Å²) in [6.45, 7) is 7.51. The Morgan fingerprint density at radius 3 is 2.56 bits per heavy atom. The Labute approximate surface area is 114 Å². The lowest BCUT2D eigenvalue weighted by molar-refractivity contribution is 0.237. The number of hydrogen-bond acceptors (Lipinski definition) is 3. The van der Waals surface area contributed by atoms with E-state index in [1.54, 1.807) is 0 Å². The molecule has 1 rings (SSSR count). The van der Waals surface area contributed by atoms with E-state index in [1.807, 2.05) is 25.1 Å². The van der Waals surface area contributed by atoms with E-state index >= 15 is 0 Å². The van der Waals surface area contributed by atoms with Gasteiger partial charge >= 0.3 is 0 Å². The maximum absolute atomic E-state index is 5.77. The van der Waals surface area contributed by atoms with Crippen molar-refractivity contribution in [3.05, 3.63) is 23.8 Å². The number of hydrogen-bond donors (Lipinski definition) is 1. The fourth-order valence-electron chi connectivity index (χ4n) is 1.40. The summed E-state index contributed by atoms with van der Waals surface area (Å²) >= 11 is 4.96. The molecule has 3 nitrogen and oxygen atoms in total. The minimum absolute atomic E-state index is 0.365. The molecule has 0 bridgehead atoms. The summed E-state index contributed by atoms with van der Waals surface area (Å²) in [5.74, 6) is 1.97. The first-order valence-corrected chi connectivity index (χ1v) is 6.68. The van der Waals surface area contributed by atoms with Gasteiger partial charge in [-0.05, 0) is 31.0 Å². The van der Waals surface area contributed by atoms with Crippen LogP contribution in [0.25, 0.3) is 0 Å². The Morgan fingerprint density at radius 1 is 1.28 bits per heavy atom. The monoisotopic (exact) mass is 267 g/mol. The largest absolute Gasteiger partial charge is 0.490 e. The van der Waals surface area contributed by atoms with Crippen molar-refractivity contribution in [2.75, 3.05) is 13.2 Å². The number of nitrogens with two attached hydrogens (primary N) is 1. The summed E-state index contributed by atoms with van der Waals surface area (Å²) < 4.78 is 11.3. The lowest BCUT2D eigenvalue weighted by Crippen LogP contribution is -2.11. The third-order valence-corrected chi connectivity index (χ3v) is 2.98. The van der Waals surface area contributed by atoms with Crippen molar-refractivity contribution >= 4 is 17.2 Å². The van der Waals surface area contributed by atoms with E-state index in [0.717, 1.165) is 17.7 Å². The highest BCUT2D eigenvalue weighted by Gasteiger charge is 2.09. The van der Waals surface area contributed by atoms with E-state index in [9.17, 15) is 0 Å². The second-order valence-electron chi connectivity index (χ2n) is 4.28. The average molecular weight is 267 g/mol. The van der Waals surface area contributed by atoms with Gasteiger partial charge < -0.3 is 15.2 Å². The predicted molar refractivity (Wildman–Crippen MR) is 78.4 cm³/mol. The minimum Gasteiger partial charge on any atom is -0.490 e. The van der Waals surface area contributed by atoms with Crippen LogP contribution < -0.4 is 15.2 Å². The molecule has 0 aromatic heterocycles. The van der Waals surface area contributed by atoms with Crippen molar-refractivity contribution in [1.82, 2.24) is 0 Å². The molecule has 0 saturated heterocycles. The van der Waals surface area contributed by atoms with Crippen molar-refractivity contribution in [2.24, 2.45) is 11.7 Å². The molecule has 0 saturated carbocycles. The second-order valence-corrected chi connectivity index (χ2v) is 4.72. The highest BCUT2D eigenvalue weighted by atomic mass is 32.1. The third-order valence-electron chi connectivity index (χ3n) is 2.75. The third kappa shape index (κ3) is 4.18. The Hall–Kier alpha value is -1.29. The Morgan fingerprint density at radius 2 is 2.00 bits per heavy atom. The maximum Gasteiger partial charge on any atom is 0.161 e. The maximum atomic E-state index is 5.77. The van der Waals surface area contributed by atoms with Crippen LogP contribution in [0.3, 0.4) is 0 Å². The molecule has 100 valence electrons. The van der Waals surface area contributed by atoms with Gasteiger partial charge in [0, 0.05) is 5.56 Å². The molecule has 1 aromatic rings. The van der Waals surface area contributed by atoms with Gasteiger partial charge in [-0.1, -0.05) is 32.5 Å². The summed E-state index contributed by atoms with van der Waals surface area (Å²) in [4.78, 5) is 0.365. The molecule has 0 aliphatic heterocycles. The zero-order chi connectivity index (χ0) is 13.5. The highest BCUT2D eigenvalue weighted by molar-refractivity contribution is 7.80. The van der Waals surface area contributed by atoms with Crippen LogP contribution in [-0.4, -0.2) is 18.2 Å². The van der Waals surface area contributed by atoms with Crippen LogP contribution >= 0.6 is 12.2 Å². The van der Waals surface area contributed by atoms with Gasteiger partial charge in [-0.15, -0.1) is 0 Å². The molecule has 0 spiro atoms. The highest BCUT2D eigenvalue weighted by Crippen LogP contribution is 2.29. The lowest BCUT2D eigenvalue weighted by atomic mass is 10.1. The molecular weight excluding hydrogens is 246 g/mol. The van der Waals surface area contributed by atoms with Gasteiger partial charge in [-0.3, -0.25) is 0 Å². The summed E-state index contributed by atoms with van der Waals surface area (Å²) in [5.41, 5.74) is 6.40. The van der Waals surface area contributed by atoms with Crippen molar-refractivity contribution in [3.63, 3.8) is 0 Å². The van der Waals surface area contributed by atoms with Crippen LogP contribution in [0, 0.1) is 5.92 Å². The van der Waals surface area contributed by atoms with Gasteiger partial charge in [0.25, 0.3) is 0 Å². The van der Waals surface area contributed by atoms with Crippen LogP contribution in [0.1, 0.15) is 32.8 Å². The summed E-state index contributed by atoms with van der Waals surface area (Å²) in [5, 5.41) is 0. The molecule has 18 heavy (non-hydrogen) atoms. The van der Waals surface area contributed by atoms with E-state index in [-0.39, 0.29) is 0 Å². The molecule has 0 heterocycles. The van der Waals surface area contributed by atoms with Crippen LogP contribution in [-0.2, 0) is 0 Å². The topological polar surface area (TPSA) is 44.5 Å². The van der Waals surface area contributed by atoms with Crippen molar-refractivity contribution in [3.8, 4) is 11.5 Å². The van der Waals surface area contributed by atoms with Crippen molar-refractivity contribution < 1.29 is 9.47 Å². The van der Waals surface area contributed by atoms with Gasteiger partial charge in [0.05, 0.1) is 13.2 Å². The van der Waals surface area contributed by atoms with Crippen LogP contribution in [0.4, 0.5) is 0 Å². The zero-order valence-electron chi connectivity index (χ0n) is 11.2. The molecule has 1 unspecified atom stereocenters. The molecule has 4 heteroatoms.